The predicted octanol–water partition coefficient (Wildman–Crippen LogP) is 1.38. The van der Waals surface area contributed by atoms with E-state index in [2.05, 4.69) is 4.90 Å². The van der Waals surface area contributed by atoms with Crippen LogP contribution < -0.4 is 4.74 Å². The Bertz CT molecular complexity index is 382. The second kappa shape index (κ2) is 6.89. The van der Waals surface area contributed by atoms with Crippen molar-refractivity contribution in [1.82, 2.24) is 4.90 Å². The lowest BCUT2D eigenvalue weighted by molar-refractivity contribution is 0.00454. The molecule has 0 unspecified atom stereocenters. The molecule has 1 atom stereocenters. The van der Waals surface area contributed by atoms with Crippen LogP contribution in [-0.2, 0) is 4.74 Å². The molecular formula is C15H23NO3. The molecule has 0 saturated carbocycles. The van der Waals surface area contributed by atoms with Gasteiger partial charge in [-0.1, -0.05) is 18.2 Å². The zero-order valence-corrected chi connectivity index (χ0v) is 11.8. The molecule has 2 rings (SSSR count). The van der Waals surface area contributed by atoms with Crippen LogP contribution in [0.25, 0.3) is 0 Å². The Balaban J connectivity index is 1.81. The van der Waals surface area contributed by atoms with Crippen LogP contribution in [0.2, 0.25) is 0 Å². The highest BCUT2D eigenvalue weighted by atomic mass is 16.5. The van der Waals surface area contributed by atoms with Crippen LogP contribution in [0.1, 0.15) is 11.1 Å². The fourth-order valence-corrected chi connectivity index (χ4v) is 2.34. The van der Waals surface area contributed by atoms with Crippen molar-refractivity contribution in [3.63, 3.8) is 0 Å². The molecule has 19 heavy (non-hydrogen) atoms. The van der Waals surface area contributed by atoms with Crippen LogP contribution in [-0.4, -0.2) is 55.6 Å². The van der Waals surface area contributed by atoms with E-state index in [0.717, 1.165) is 43.2 Å². The molecule has 4 nitrogen and oxygen atoms in total. The van der Waals surface area contributed by atoms with Gasteiger partial charge in [-0.15, -0.1) is 0 Å². The Morgan fingerprint density at radius 3 is 2.53 bits per heavy atom. The van der Waals surface area contributed by atoms with Gasteiger partial charge in [0, 0.05) is 19.6 Å². The first-order chi connectivity index (χ1) is 9.16. The van der Waals surface area contributed by atoms with E-state index in [0.29, 0.717) is 13.2 Å². The maximum Gasteiger partial charge on any atom is 0.125 e. The number of nitrogens with zero attached hydrogens (tertiary/aromatic N) is 1. The van der Waals surface area contributed by atoms with Gasteiger partial charge >= 0.3 is 0 Å². The van der Waals surface area contributed by atoms with Crippen molar-refractivity contribution >= 4 is 0 Å². The summed E-state index contributed by atoms with van der Waals surface area (Å²) < 4.78 is 11.1. The molecule has 1 aromatic rings. The van der Waals surface area contributed by atoms with Gasteiger partial charge in [0.2, 0.25) is 0 Å². The summed E-state index contributed by atoms with van der Waals surface area (Å²) in [6, 6.07) is 6.06. The molecule has 0 aliphatic carbocycles. The third-order valence-electron chi connectivity index (χ3n) is 3.40. The summed E-state index contributed by atoms with van der Waals surface area (Å²) in [6.07, 6.45) is -0.461. The first-order valence-corrected chi connectivity index (χ1v) is 6.84. The molecule has 106 valence electrons. The molecule has 1 N–H and O–H groups in total. The van der Waals surface area contributed by atoms with Crippen LogP contribution in [0.3, 0.4) is 0 Å². The number of aliphatic hydroxyl groups excluding tert-OH is 1. The van der Waals surface area contributed by atoms with E-state index >= 15 is 0 Å². The zero-order chi connectivity index (χ0) is 13.7. The number of aliphatic hydroxyl groups is 1. The normalized spacial score (nSPS) is 18.3. The van der Waals surface area contributed by atoms with E-state index in [9.17, 15) is 5.11 Å². The van der Waals surface area contributed by atoms with Gasteiger partial charge in [0.25, 0.3) is 0 Å². The van der Waals surface area contributed by atoms with Crippen molar-refractivity contribution < 1.29 is 14.6 Å². The average Bonchev–Trinajstić information content (AvgIpc) is 2.39. The number of hydrogen-bond donors (Lipinski definition) is 1. The molecule has 1 heterocycles. The summed E-state index contributed by atoms with van der Waals surface area (Å²) in [5.74, 6) is 0.892. The maximum absolute atomic E-state index is 10.0. The Labute approximate surface area is 114 Å². The molecular weight excluding hydrogens is 242 g/mol. The lowest BCUT2D eigenvalue weighted by Gasteiger charge is -2.28. The third kappa shape index (κ3) is 4.20. The molecule has 0 aromatic heterocycles. The van der Waals surface area contributed by atoms with Gasteiger partial charge < -0.3 is 14.6 Å². The van der Waals surface area contributed by atoms with Gasteiger partial charge in [-0.3, -0.25) is 4.90 Å². The maximum atomic E-state index is 10.0. The molecule has 1 aliphatic rings. The molecule has 0 bridgehead atoms. The number of aryl methyl sites for hydroxylation is 2. The van der Waals surface area contributed by atoms with E-state index in [1.807, 2.05) is 32.0 Å². The molecule has 1 saturated heterocycles. The molecule has 4 heteroatoms. The number of benzene rings is 1. The first kappa shape index (κ1) is 14.3. The van der Waals surface area contributed by atoms with Crippen LogP contribution >= 0.6 is 0 Å². The predicted molar refractivity (Wildman–Crippen MR) is 74.7 cm³/mol. The van der Waals surface area contributed by atoms with Gasteiger partial charge in [0.1, 0.15) is 18.5 Å². The minimum Gasteiger partial charge on any atom is -0.490 e. The average molecular weight is 265 g/mol. The van der Waals surface area contributed by atoms with Crippen molar-refractivity contribution in [2.75, 3.05) is 39.5 Å². The largest absolute Gasteiger partial charge is 0.490 e. The number of hydrogen-bond acceptors (Lipinski definition) is 4. The smallest absolute Gasteiger partial charge is 0.125 e. The quantitative estimate of drug-likeness (QED) is 0.873. The van der Waals surface area contributed by atoms with E-state index in [-0.39, 0.29) is 0 Å². The van der Waals surface area contributed by atoms with E-state index in [4.69, 9.17) is 9.47 Å². The van der Waals surface area contributed by atoms with Crippen molar-refractivity contribution in [2.24, 2.45) is 0 Å². The van der Waals surface area contributed by atoms with Gasteiger partial charge in [-0.05, 0) is 25.0 Å². The highest BCUT2D eigenvalue weighted by molar-refractivity contribution is 5.39. The fourth-order valence-electron chi connectivity index (χ4n) is 2.34. The summed E-state index contributed by atoms with van der Waals surface area (Å²) in [4.78, 5) is 2.21. The van der Waals surface area contributed by atoms with E-state index < -0.39 is 6.10 Å². The lowest BCUT2D eigenvalue weighted by atomic mass is 10.1. The minimum atomic E-state index is -0.461. The molecule has 1 fully saturated rings. The summed E-state index contributed by atoms with van der Waals surface area (Å²) >= 11 is 0. The van der Waals surface area contributed by atoms with Crippen molar-refractivity contribution in [3.8, 4) is 5.75 Å². The van der Waals surface area contributed by atoms with E-state index in [1.54, 1.807) is 0 Å². The van der Waals surface area contributed by atoms with Crippen molar-refractivity contribution in [1.29, 1.82) is 0 Å². The highest BCUT2D eigenvalue weighted by Crippen LogP contribution is 2.22. The second-order valence-corrected chi connectivity index (χ2v) is 5.10. The Morgan fingerprint density at radius 1 is 1.26 bits per heavy atom. The van der Waals surface area contributed by atoms with Crippen LogP contribution in [0, 0.1) is 13.8 Å². The first-order valence-electron chi connectivity index (χ1n) is 6.84. The van der Waals surface area contributed by atoms with Gasteiger partial charge in [0.15, 0.2) is 0 Å². The number of rotatable bonds is 5. The zero-order valence-electron chi connectivity index (χ0n) is 11.8. The fraction of sp³-hybridized carbons (Fsp3) is 0.600. The summed E-state index contributed by atoms with van der Waals surface area (Å²) in [5.41, 5.74) is 2.22. The molecule has 1 aromatic carbocycles. The number of morpholine rings is 1. The van der Waals surface area contributed by atoms with Crippen molar-refractivity contribution in [3.05, 3.63) is 29.3 Å². The summed E-state index contributed by atoms with van der Waals surface area (Å²) in [6.45, 7) is 8.32. The molecule has 1 aliphatic heterocycles. The van der Waals surface area contributed by atoms with E-state index in [1.165, 1.54) is 0 Å². The minimum absolute atomic E-state index is 0.336. The summed E-state index contributed by atoms with van der Waals surface area (Å²) in [7, 11) is 0. The summed E-state index contributed by atoms with van der Waals surface area (Å²) in [5, 5.41) is 10.0. The Kier molecular flexibility index (Phi) is 5.19. The number of ether oxygens (including phenoxy) is 2. The monoisotopic (exact) mass is 265 g/mol. The number of β-amino-alcohol motifs (C(OH)–C–C–N with tert-alkyl or cyclic N) is 1. The van der Waals surface area contributed by atoms with Gasteiger partial charge in [-0.2, -0.15) is 0 Å². The SMILES string of the molecule is Cc1cccc(C)c1OC[C@@H](O)CN1CCOCC1. The standard InChI is InChI=1S/C15H23NO3/c1-12-4-3-5-13(2)15(12)19-11-14(17)10-16-6-8-18-9-7-16/h3-5,14,17H,6-11H2,1-2H3/t14-/m0/s1. The highest BCUT2D eigenvalue weighted by Gasteiger charge is 2.15. The third-order valence-corrected chi connectivity index (χ3v) is 3.40. The molecule has 0 radical (unpaired) electrons. The topological polar surface area (TPSA) is 41.9 Å². The Morgan fingerprint density at radius 2 is 1.89 bits per heavy atom. The number of para-hydroxylation sites is 1. The van der Waals surface area contributed by atoms with Crippen molar-refractivity contribution in [2.45, 2.75) is 20.0 Å². The van der Waals surface area contributed by atoms with Gasteiger partial charge in [-0.25, -0.2) is 0 Å². The van der Waals surface area contributed by atoms with Crippen LogP contribution in [0.4, 0.5) is 0 Å². The van der Waals surface area contributed by atoms with Crippen LogP contribution in [0.15, 0.2) is 18.2 Å². The second-order valence-electron chi connectivity index (χ2n) is 5.10. The lowest BCUT2D eigenvalue weighted by Crippen LogP contribution is -2.42. The Hall–Kier alpha value is -1.10. The van der Waals surface area contributed by atoms with Gasteiger partial charge in [0.05, 0.1) is 13.2 Å². The van der Waals surface area contributed by atoms with Crippen LogP contribution in [0.5, 0.6) is 5.75 Å². The molecule has 0 amide bonds. The molecule has 0 spiro atoms.